The summed E-state index contributed by atoms with van der Waals surface area (Å²) in [5, 5.41) is 3.41. The Morgan fingerprint density at radius 2 is 2.29 bits per heavy atom. The van der Waals surface area contributed by atoms with Crippen LogP contribution in [-0.2, 0) is 4.79 Å². The van der Waals surface area contributed by atoms with Crippen LogP contribution >= 0.6 is 0 Å². The zero-order valence-corrected chi connectivity index (χ0v) is 7.84. The molecular weight excluding hydrogens is 178 g/mol. The van der Waals surface area contributed by atoms with Crippen molar-refractivity contribution >= 4 is 5.91 Å². The number of allylic oxidation sites excluding steroid dienone is 1. The third kappa shape index (κ3) is 1.00. The van der Waals surface area contributed by atoms with Gasteiger partial charge in [0.05, 0.1) is 11.6 Å². The second-order valence-corrected chi connectivity index (χ2v) is 3.98. The first kappa shape index (κ1) is 8.05. The maximum absolute atomic E-state index is 11.4. The van der Waals surface area contributed by atoms with Gasteiger partial charge in [0.2, 0.25) is 5.91 Å². The monoisotopic (exact) mass is 191 g/mol. The molecule has 4 nitrogen and oxygen atoms in total. The molecule has 14 heavy (non-hydrogen) atoms. The van der Waals surface area contributed by atoms with Crippen LogP contribution in [0.2, 0.25) is 0 Å². The topological polar surface area (TPSA) is 53.2 Å². The van der Waals surface area contributed by atoms with E-state index in [2.05, 4.69) is 28.3 Å². The highest BCUT2D eigenvalue weighted by Gasteiger charge is 2.37. The predicted octanol–water partition coefficient (Wildman–Crippen LogP) is -0.187. The first-order chi connectivity index (χ1) is 6.86. The molecule has 2 atom stereocenters. The Morgan fingerprint density at radius 1 is 1.36 bits per heavy atom. The summed E-state index contributed by atoms with van der Waals surface area (Å²) in [5.41, 5.74) is 8.00. The molecule has 1 fully saturated rings. The molecule has 1 aliphatic carbocycles. The minimum absolute atomic E-state index is 0.0102. The van der Waals surface area contributed by atoms with Crippen molar-refractivity contribution in [2.75, 3.05) is 6.54 Å². The Bertz CT molecular complexity index is 345. The lowest BCUT2D eigenvalue weighted by Crippen LogP contribution is -2.43. The van der Waals surface area contributed by atoms with E-state index in [4.69, 9.17) is 0 Å². The normalized spacial score (nSPS) is 34.7. The summed E-state index contributed by atoms with van der Waals surface area (Å²) >= 11 is 0. The van der Waals surface area contributed by atoms with Crippen LogP contribution in [0.5, 0.6) is 0 Å². The van der Waals surface area contributed by atoms with Gasteiger partial charge in [-0.1, -0.05) is 12.2 Å². The fourth-order valence-corrected chi connectivity index (χ4v) is 2.40. The first-order valence-electron chi connectivity index (χ1n) is 5.06. The molecule has 2 unspecified atom stereocenters. The average molecular weight is 191 g/mol. The summed E-state index contributed by atoms with van der Waals surface area (Å²) < 4.78 is 0. The van der Waals surface area contributed by atoms with Gasteiger partial charge in [-0.15, -0.1) is 0 Å². The van der Waals surface area contributed by atoms with Gasteiger partial charge >= 0.3 is 0 Å². The number of hydrazine groups is 1. The van der Waals surface area contributed by atoms with Gasteiger partial charge in [-0.05, 0) is 18.4 Å². The van der Waals surface area contributed by atoms with E-state index < -0.39 is 0 Å². The number of rotatable bonds is 0. The maximum atomic E-state index is 11.4. The SMILES string of the molecule is O=C1NNC2=C3C=CCCC3NCC12. The average Bonchev–Trinajstić information content (AvgIpc) is 2.61. The van der Waals surface area contributed by atoms with E-state index in [1.165, 1.54) is 5.57 Å². The number of fused-ring (bicyclic) bond motifs is 2. The summed E-state index contributed by atoms with van der Waals surface area (Å²) in [5.74, 6) is 0.0708. The molecule has 0 spiro atoms. The molecule has 74 valence electrons. The molecule has 3 rings (SSSR count). The molecule has 2 heterocycles. The standard InChI is InChI=1S/C10H13N3O/c14-10-7-5-11-8-4-2-1-3-6(8)9(7)12-13-10/h1,3,7-8,11-12H,2,4-5H2,(H,13,14). The maximum Gasteiger partial charge on any atom is 0.248 e. The number of amides is 1. The molecule has 1 amide bonds. The van der Waals surface area contributed by atoms with Crippen molar-refractivity contribution in [3.05, 3.63) is 23.4 Å². The van der Waals surface area contributed by atoms with Crippen molar-refractivity contribution in [1.82, 2.24) is 16.2 Å². The minimum Gasteiger partial charge on any atom is -0.309 e. The second kappa shape index (κ2) is 2.85. The van der Waals surface area contributed by atoms with Crippen LogP contribution < -0.4 is 16.2 Å². The van der Waals surface area contributed by atoms with Crippen molar-refractivity contribution in [3.8, 4) is 0 Å². The van der Waals surface area contributed by atoms with E-state index in [0.717, 1.165) is 25.1 Å². The Kier molecular flexibility index (Phi) is 1.64. The van der Waals surface area contributed by atoms with Gasteiger partial charge in [-0.25, -0.2) is 0 Å². The summed E-state index contributed by atoms with van der Waals surface area (Å²) in [7, 11) is 0. The van der Waals surface area contributed by atoms with Gasteiger partial charge in [0.1, 0.15) is 0 Å². The summed E-state index contributed by atoms with van der Waals surface area (Å²) in [6, 6.07) is 0.437. The van der Waals surface area contributed by atoms with Crippen molar-refractivity contribution in [2.24, 2.45) is 5.92 Å². The van der Waals surface area contributed by atoms with Crippen LogP contribution in [0.3, 0.4) is 0 Å². The summed E-state index contributed by atoms with van der Waals surface area (Å²) in [6.45, 7) is 0.760. The number of nitrogens with one attached hydrogen (secondary N) is 3. The predicted molar refractivity (Wildman–Crippen MR) is 52.0 cm³/mol. The van der Waals surface area contributed by atoms with Crippen molar-refractivity contribution in [3.63, 3.8) is 0 Å². The quantitative estimate of drug-likeness (QED) is 0.497. The molecule has 0 aromatic heterocycles. The Labute approximate surface area is 82.4 Å². The van der Waals surface area contributed by atoms with E-state index in [-0.39, 0.29) is 11.8 Å². The largest absolute Gasteiger partial charge is 0.309 e. The first-order valence-corrected chi connectivity index (χ1v) is 5.06. The molecule has 0 saturated carbocycles. The number of carbonyl (C=O) groups is 1. The van der Waals surface area contributed by atoms with E-state index >= 15 is 0 Å². The smallest absolute Gasteiger partial charge is 0.248 e. The molecule has 1 saturated heterocycles. The lowest BCUT2D eigenvalue weighted by molar-refractivity contribution is -0.122. The minimum atomic E-state index is -0.0102. The number of hydrogen-bond acceptors (Lipinski definition) is 3. The highest BCUT2D eigenvalue weighted by atomic mass is 16.2. The molecule has 4 heteroatoms. The molecule has 3 N–H and O–H groups in total. The molecular formula is C10H13N3O. The van der Waals surface area contributed by atoms with Crippen molar-refractivity contribution in [2.45, 2.75) is 18.9 Å². The van der Waals surface area contributed by atoms with E-state index in [9.17, 15) is 4.79 Å². The van der Waals surface area contributed by atoms with Crippen LogP contribution in [0.25, 0.3) is 0 Å². The van der Waals surface area contributed by atoms with Gasteiger partial charge in [0, 0.05) is 12.6 Å². The van der Waals surface area contributed by atoms with Gasteiger partial charge in [0.15, 0.2) is 0 Å². The molecule has 0 bridgehead atoms. The second-order valence-electron chi connectivity index (χ2n) is 3.98. The van der Waals surface area contributed by atoms with Gasteiger partial charge < -0.3 is 10.7 Å². The Balaban J connectivity index is 2.05. The van der Waals surface area contributed by atoms with Crippen LogP contribution in [0, 0.1) is 5.92 Å². The molecule has 0 aromatic rings. The fourth-order valence-electron chi connectivity index (χ4n) is 2.40. The van der Waals surface area contributed by atoms with Gasteiger partial charge in [-0.2, -0.15) is 0 Å². The molecule has 2 aliphatic heterocycles. The molecule has 3 aliphatic rings. The zero-order chi connectivity index (χ0) is 9.54. The van der Waals surface area contributed by atoms with E-state index in [1.54, 1.807) is 0 Å². The highest BCUT2D eigenvalue weighted by molar-refractivity contribution is 5.85. The lowest BCUT2D eigenvalue weighted by Gasteiger charge is -2.30. The Morgan fingerprint density at radius 3 is 3.21 bits per heavy atom. The zero-order valence-electron chi connectivity index (χ0n) is 7.84. The number of carbonyl (C=O) groups excluding carboxylic acids is 1. The summed E-state index contributed by atoms with van der Waals surface area (Å²) in [6.07, 6.45) is 6.57. The van der Waals surface area contributed by atoms with Crippen LogP contribution in [0.1, 0.15) is 12.8 Å². The highest BCUT2D eigenvalue weighted by Crippen LogP contribution is 2.29. The van der Waals surface area contributed by atoms with Crippen molar-refractivity contribution in [1.29, 1.82) is 0 Å². The Hall–Kier alpha value is -1.29. The van der Waals surface area contributed by atoms with Crippen LogP contribution in [0.15, 0.2) is 23.4 Å². The van der Waals surface area contributed by atoms with Crippen LogP contribution in [-0.4, -0.2) is 18.5 Å². The van der Waals surface area contributed by atoms with E-state index in [0.29, 0.717) is 6.04 Å². The van der Waals surface area contributed by atoms with Gasteiger partial charge in [-0.3, -0.25) is 10.2 Å². The number of hydrogen-bond donors (Lipinski definition) is 3. The summed E-state index contributed by atoms with van der Waals surface area (Å²) in [4.78, 5) is 11.4. The van der Waals surface area contributed by atoms with E-state index in [1.807, 2.05) is 0 Å². The molecule has 0 aromatic carbocycles. The molecule has 0 radical (unpaired) electrons. The van der Waals surface area contributed by atoms with Crippen molar-refractivity contribution < 1.29 is 4.79 Å². The fraction of sp³-hybridized carbons (Fsp3) is 0.500. The van der Waals surface area contributed by atoms with Crippen LogP contribution in [0.4, 0.5) is 0 Å². The third-order valence-corrected chi connectivity index (χ3v) is 3.16. The third-order valence-electron chi connectivity index (χ3n) is 3.16. The lowest BCUT2D eigenvalue weighted by atomic mass is 9.87. The van der Waals surface area contributed by atoms with Gasteiger partial charge in [0.25, 0.3) is 0 Å².